The van der Waals surface area contributed by atoms with Gasteiger partial charge in [-0.15, -0.1) is 0 Å². The smallest absolute Gasteiger partial charge is 0.387 e. The number of carbonyl (C=O) groups excluding carboxylic acids is 1. The first-order valence-corrected chi connectivity index (χ1v) is 10.8. The zero-order valence-corrected chi connectivity index (χ0v) is 17.5. The van der Waals surface area contributed by atoms with Crippen LogP contribution in [-0.4, -0.2) is 58.7 Å². The number of nitrogens with zero attached hydrogens (tertiary/aromatic N) is 1. The minimum Gasteiger partial charge on any atom is -0.496 e. The summed E-state index contributed by atoms with van der Waals surface area (Å²) in [5.41, 5.74) is 0.344. The zero-order valence-electron chi connectivity index (χ0n) is 16.7. The highest BCUT2D eigenvalue weighted by Crippen LogP contribution is 2.26. The van der Waals surface area contributed by atoms with Crippen LogP contribution in [0, 0.1) is 0 Å². The fourth-order valence-electron chi connectivity index (χ4n) is 3.09. The highest BCUT2D eigenvalue weighted by atomic mass is 32.2. The summed E-state index contributed by atoms with van der Waals surface area (Å²) in [4.78, 5) is 12.7. The predicted molar refractivity (Wildman–Crippen MR) is 107 cm³/mol. The molecule has 2 aromatic rings. The van der Waals surface area contributed by atoms with Crippen LogP contribution < -0.4 is 14.8 Å². The number of morpholine rings is 1. The van der Waals surface area contributed by atoms with E-state index in [9.17, 15) is 22.0 Å². The number of para-hydroxylation sites is 1. The van der Waals surface area contributed by atoms with Gasteiger partial charge < -0.3 is 19.5 Å². The molecule has 1 fully saturated rings. The Morgan fingerprint density at radius 2 is 1.87 bits per heavy atom. The van der Waals surface area contributed by atoms with E-state index in [-0.39, 0.29) is 41.6 Å². The number of carbonyl (C=O) groups is 1. The van der Waals surface area contributed by atoms with Crippen molar-refractivity contribution in [2.24, 2.45) is 0 Å². The summed E-state index contributed by atoms with van der Waals surface area (Å²) in [7, 11) is -2.46. The Morgan fingerprint density at radius 1 is 1.16 bits per heavy atom. The van der Waals surface area contributed by atoms with Crippen molar-refractivity contribution < 1.29 is 36.2 Å². The van der Waals surface area contributed by atoms with E-state index in [1.54, 1.807) is 6.07 Å². The Bertz CT molecular complexity index is 1030. The van der Waals surface area contributed by atoms with Gasteiger partial charge in [0.1, 0.15) is 11.5 Å². The van der Waals surface area contributed by atoms with Crippen LogP contribution in [0.15, 0.2) is 47.4 Å². The second kappa shape index (κ2) is 10.0. The third-order valence-corrected chi connectivity index (χ3v) is 6.55. The number of benzene rings is 2. The molecule has 1 aliphatic rings. The van der Waals surface area contributed by atoms with Crippen LogP contribution in [0.3, 0.4) is 0 Å². The van der Waals surface area contributed by atoms with Crippen molar-refractivity contribution in [2.75, 3.05) is 33.4 Å². The number of rotatable bonds is 8. The SMILES string of the molecule is COc1ccc(S(=O)(=O)N2CCOCC2)cc1C(=O)NCc1ccccc1OC(F)F. The third kappa shape index (κ3) is 5.49. The lowest BCUT2D eigenvalue weighted by Gasteiger charge is -2.26. The number of nitrogens with one attached hydrogen (secondary N) is 1. The maximum Gasteiger partial charge on any atom is 0.387 e. The van der Waals surface area contributed by atoms with Crippen molar-refractivity contribution in [3.8, 4) is 11.5 Å². The van der Waals surface area contributed by atoms with Gasteiger partial charge in [-0.2, -0.15) is 13.1 Å². The molecule has 0 atom stereocenters. The predicted octanol–water partition coefficient (Wildman–Crippen LogP) is 2.25. The fraction of sp³-hybridized carbons (Fsp3) is 0.350. The molecule has 0 saturated carbocycles. The quantitative estimate of drug-likeness (QED) is 0.655. The molecular formula is C20H22F2N2O6S. The molecule has 0 aliphatic carbocycles. The molecule has 31 heavy (non-hydrogen) atoms. The van der Waals surface area contributed by atoms with Gasteiger partial charge in [-0.25, -0.2) is 8.42 Å². The lowest BCUT2D eigenvalue weighted by Crippen LogP contribution is -2.40. The lowest BCUT2D eigenvalue weighted by atomic mass is 10.1. The molecule has 8 nitrogen and oxygen atoms in total. The summed E-state index contributed by atoms with van der Waals surface area (Å²) >= 11 is 0. The molecule has 0 unspecified atom stereocenters. The zero-order chi connectivity index (χ0) is 22.4. The van der Waals surface area contributed by atoms with E-state index in [0.717, 1.165) is 0 Å². The summed E-state index contributed by atoms with van der Waals surface area (Å²) in [6, 6.07) is 10.1. The molecule has 1 saturated heterocycles. The molecule has 168 valence electrons. The summed E-state index contributed by atoms with van der Waals surface area (Å²) in [5.74, 6) is -0.508. The van der Waals surface area contributed by atoms with Crippen LogP contribution in [0.25, 0.3) is 0 Å². The Hall–Kier alpha value is -2.76. The molecule has 0 bridgehead atoms. The molecule has 0 radical (unpaired) electrons. The summed E-state index contributed by atoms with van der Waals surface area (Å²) < 4.78 is 67.1. The molecule has 1 heterocycles. The van der Waals surface area contributed by atoms with Gasteiger partial charge in [0, 0.05) is 25.2 Å². The normalized spacial score (nSPS) is 15.0. The number of alkyl halides is 2. The molecule has 11 heteroatoms. The van der Waals surface area contributed by atoms with E-state index in [1.165, 1.54) is 47.8 Å². The summed E-state index contributed by atoms with van der Waals surface area (Å²) in [6.07, 6.45) is 0. The van der Waals surface area contributed by atoms with Crippen LogP contribution in [0.1, 0.15) is 15.9 Å². The number of sulfonamides is 1. The third-order valence-electron chi connectivity index (χ3n) is 4.65. The number of methoxy groups -OCH3 is 1. The van der Waals surface area contributed by atoms with Gasteiger partial charge in [0.05, 0.1) is 30.8 Å². The monoisotopic (exact) mass is 456 g/mol. The fourth-order valence-corrected chi connectivity index (χ4v) is 4.53. The number of hydrogen-bond donors (Lipinski definition) is 1. The van der Waals surface area contributed by atoms with E-state index in [1.807, 2.05) is 0 Å². The Kier molecular flexibility index (Phi) is 7.42. The van der Waals surface area contributed by atoms with E-state index in [2.05, 4.69) is 10.1 Å². The molecule has 3 rings (SSSR count). The first-order chi connectivity index (χ1) is 14.8. The van der Waals surface area contributed by atoms with Crippen LogP contribution >= 0.6 is 0 Å². The van der Waals surface area contributed by atoms with Crippen molar-refractivity contribution >= 4 is 15.9 Å². The molecule has 1 amide bonds. The van der Waals surface area contributed by atoms with E-state index < -0.39 is 22.5 Å². The molecule has 2 aromatic carbocycles. The molecular weight excluding hydrogens is 434 g/mol. The van der Waals surface area contributed by atoms with Gasteiger partial charge in [0.25, 0.3) is 5.91 Å². The number of ether oxygens (including phenoxy) is 3. The van der Waals surface area contributed by atoms with E-state index in [4.69, 9.17) is 9.47 Å². The Morgan fingerprint density at radius 3 is 2.55 bits per heavy atom. The summed E-state index contributed by atoms with van der Waals surface area (Å²) in [6.45, 7) is -2.08. The van der Waals surface area contributed by atoms with Gasteiger partial charge in [-0.3, -0.25) is 4.79 Å². The second-order valence-corrected chi connectivity index (χ2v) is 8.49. The van der Waals surface area contributed by atoms with Gasteiger partial charge >= 0.3 is 6.61 Å². The van der Waals surface area contributed by atoms with Crippen molar-refractivity contribution in [2.45, 2.75) is 18.1 Å². The maximum atomic E-state index is 12.9. The Labute approximate surface area is 178 Å². The van der Waals surface area contributed by atoms with Crippen LogP contribution in [-0.2, 0) is 21.3 Å². The minimum absolute atomic E-state index is 0.00379. The largest absolute Gasteiger partial charge is 0.496 e. The minimum atomic E-state index is -3.82. The van der Waals surface area contributed by atoms with Crippen LogP contribution in [0.4, 0.5) is 8.78 Å². The van der Waals surface area contributed by atoms with Crippen molar-refractivity contribution in [3.63, 3.8) is 0 Å². The average molecular weight is 456 g/mol. The number of amides is 1. The van der Waals surface area contributed by atoms with Crippen LogP contribution in [0.2, 0.25) is 0 Å². The molecule has 1 N–H and O–H groups in total. The van der Waals surface area contributed by atoms with Crippen molar-refractivity contribution in [3.05, 3.63) is 53.6 Å². The lowest BCUT2D eigenvalue weighted by molar-refractivity contribution is -0.0504. The second-order valence-electron chi connectivity index (χ2n) is 6.55. The topological polar surface area (TPSA) is 94.2 Å². The first-order valence-electron chi connectivity index (χ1n) is 9.40. The first kappa shape index (κ1) is 22.9. The van der Waals surface area contributed by atoms with Gasteiger partial charge in [0.15, 0.2) is 0 Å². The maximum absolute atomic E-state index is 12.9. The van der Waals surface area contributed by atoms with E-state index in [0.29, 0.717) is 18.8 Å². The van der Waals surface area contributed by atoms with Gasteiger partial charge in [-0.1, -0.05) is 18.2 Å². The van der Waals surface area contributed by atoms with Gasteiger partial charge in [-0.05, 0) is 24.3 Å². The van der Waals surface area contributed by atoms with E-state index >= 15 is 0 Å². The van der Waals surface area contributed by atoms with Crippen molar-refractivity contribution in [1.29, 1.82) is 0 Å². The molecule has 0 spiro atoms. The van der Waals surface area contributed by atoms with Gasteiger partial charge in [0.2, 0.25) is 10.0 Å². The number of hydrogen-bond acceptors (Lipinski definition) is 6. The van der Waals surface area contributed by atoms with Crippen LogP contribution in [0.5, 0.6) is 11.5 Å². The summed E-state index contributed by atoms with van der Waals surface area (Å²) in [5, 5.41) is 2.59. The van der Waals surface area contributed by atoms with Crippen molar-refractivity contribution in [1.82, 2.24) is 9.62 Å². The standard InChI is InChI=1S/C20H22F2N2O6S/c1-28-18-7-6-15(31(26,27)24-8-10-29-11-9-24)12-16(18)19(25)23-13-14-4-2-3-5-17(14)30-20(21)22/h2-7,12,20H,8-11,13H2,1H3,(H,23,25). The highest BCUT2D eigenvalue weighted by Gasteiger charge is 2.28. The molecule has 0 aromatic heterocycles. The highest BCUT2D eigenvalue weighted by molar-refractivity contribution is 7.89. The Balaban J connectivity index is 1.82. The molecule has 1 aliphatic heterocycles. The number of halogens is 2. The average Bonchev–Trinajstić information content (AvgIpc) is 2.78.